The summed E-state index contributed by atoms with van der Waals surface area (Å²) in [5.74, 6) is 0.423. The zero-order valence-electron chi connectivity index (χ0n) is 15.0. The fraction of sp³-hybridized carbons (Fsp3) is 0.130. The number of nitrogens with zero attached hydrogens (tertiary/aromatic N) is 1. The Labute approximate surface area is 163 Å². The number of amides is 2. The second kappa shape index (κ2) is 7.41. The number of carbonyl (C=O) groups excluding carboxylic acids is 2. The van der Waals surface area contributed by atoms with Crippen LogP contribution in [-0.2, 0) is 12.3 Å². The zero-order valence-corrected chi connectivity index (χ0v) is 15.8. The standard InChI is InChI=1S/C23H19NO2S/c1-16-7-2-5-12-21(16)27-15-18-9-6-8-17(13-18)14-24-22(25)19-10-3-4-11-20(19)23(24)26/h2-13H,14-15H2,1H3. The molecule has 3 nitrogen and oxygen atoms in total. The largest absolute Gasteiger partial charge is 0.270 e. The van der Waals surface area contributed by atoms with Crippen molar-refractivity contribution in [2.45, 2.75) is 24.1 Å². The Kier molecular flexibility index (Phi) is 4.82. The van der Waals surface area contributed by atoms with Crippen molar-refractivity contribution in [3.63, 3.8) is 0 Å². The number of carbonyl (C=O) groups is 2. The van der Waals surface area contributed by atoms with E-state index in [9.17, 15) is 9.59 Å². The lowest BCUT2D eigenvalue weighted by Crippen LogP contribution is -2.29. The summed E-state index contributed by atoms with van der Waals surface area (Å²) in [6, 6.07) is 23.4. The SMILES string of the molecule is Cc1ccccc1SCc1cccc(CN2C(=O)c3ccccc3C2=O)c1. The monoisotopic (exact) mass is 373 g/mol. The lowest BCUT2D eigenvalue weighted by molar-refractivity contribution is 0.0642. The Morgan fingerprint density at radius 1 is 0.778 bits per heavy atom. The minimum absolute atomic E-state index is 0.213. The van der Waals surface area contributed by atoms with Gasteiger partial charge >= 0.3 is 0 Å². The average molecular weight is 373 g/mol. The summed E-state index contributed by atoms with van der Waals surface area (Å²) in [7, 11) is 0. The normalized spacial score (nSPS) is 13.1. The van der Waals surface area contributed by atoms with Crippen LogP contribution in [0.3, 0.4) is 0 Å². The molecule has 0 aromatic heterocycles. The summed E-state index contributed by atoms with van der Waals surface area (Å²) >= 11 is 1.79. The molecule has 0 saturated carbocycles. The number of hydrogen-bond acceptors (Lipinski definition) is 3. The number of hydrogen-bond donors (Lipinski definition) is 0. The molecule has 0 radical (unpaired) electrons. The Hall–Kier alpha value is -2.85. The minimum Gasteiger partial charge on any atom is -0.270 e. The van der Waals surface area contributed by atoms with Crippen molar-refractivity contribution in [1.82, 2.24) is 4.90 Å². The lowest BCUT2D eigenvalue weighted by atomic mass is 10.1. The first-order chi connectivity index (χ1) is 13.1. The quantitative estimate of drug-likeness (QED) is 0.462. The third kappa shape index (κ3) is 3.53. The van der Waals surface area contributed by atoms with Crippen molar-refractivity contribution in [1.29, 1.82) is 0 Å². The van der Waals surface area contributed by atoms with Gasteiger partial charge in [-0.05, 0) is 41.8 Å². The highest BCUT2D eigenvalue weighted by Crippen LogP contribution is 2.27. The highest BCUT2D eigenvalue weighted by atomic mass is 32.2. The molecule has 1 aliphatic heterocycles. The molecule has 0 saturated heterocycles. The van der Waals surface area contributed by atoms with Gasteiger partial charge in [-0.15, -0.1) is 11.8 Å². The summed E-state index contributed by atoms with van der Waals surface area (Å²) in [5, 5.41) is 0. The van der Waals surface area contributed by atoms with Gasteiger partial charge in [0.15, 0.2) is 0 Å². The topological polar surface area (TPSA) is 37.4 Å². The van der Waals surface area contributed by atoms with Crippen LogP contribution in [0.25, 0.3) is 0 Å². The first-order valence-corrected chi connectivity index (χ1v) is 9.83. The molecule has 1 heterocycles. The maximum atomic E-state index is 12.5. The summed E-state index contributed by atoms with van der Waals surface area (Å²) < 4.78 is 0. The van der Waals surface area contributed by atoms with Crippen molar-refractivity contribution >= 4 is 23.6 Å². The molecule has 134 valence electrons. The number of thioether (sulfide) groups is 1. The minimum atomic E-state index is -0.213. The first-order valence-electron chi connectivity index (χ1n) is 8.85. The first kappa shape index (κ1) is 17.6. The van der Waals surface area contributed by atoms with E-state index < -0.39 is 0 Å². The van der Waals surface area contributed by atoms with Crippen molar-refractivity contribution in [2.75, 3.05) is 0 Å². The van der Waals surface area contributed by atoms with Crippen LogP contribution < -0.4 is 0 Å². The second-order valence-corrected chi connectivity index (χ2v) is 7.63. The number of rotatable bonds is 5. The van der Waals surface area contributed by atoms with Crippen LogP contribution in [-0.4, -0.2) is 16.7 Å². The molecule has 0 aliphatic carbocycles. The van der Waals surface area contributed by atoms with E-state index in [2.05, 4.69) is 31.2 Å². The molecule has 0 bridgehead atoms. The van der Waals surface area contributed by atoms with Gasteiger partial charge in [-0.1, -0.05) is 54.6 Å². The second-order valence-electron chi connectivity index (χ2n) is 6.62. The van der Waals surface area contributed by atoms with Crippen molar-refractivity contribution < 1.29 is 9.59 Å². The molecule has 3 aromatic carbocycles. The van der Waals surface area contributed by atoms with Gasteiger partial charge in [-0.3, -0.25) is 14.5 Å². The number of imide groups is 1. The summed E-state index contributed by atoms with van der Waals surface area (Å²) in [5.41, 5.74) is 4.40. The van der Waals surface area contributed by atoms with Crippen molar-refractivity contribution in [2.24, 2.45) is 0 Å². The van der Waals surface area contributed by atoms with Crippen LogP contribution in [0.2, 0.25) is 0 Å². The molecule has 0 fully saturated rings. The molecular weight excluding hydrogens is 354 g/mol. The maximum absolute atomic E-state index is 12.5. The lowest BCUT2D eigenvalue weighted by Gasteiger charge is -2.14. The fourth-order valence-electron chi connectivity index (χ4n) is 3.26. The number of aryl methyl sites for hydroxylation is 1. The molecule has 1 aliphatic rings. The van der Waals surface area contributed by atoms with E-state index >= 15 is 0 Å². The van der Waals surface area contributed by atoms with Gasteiger partial charge in [0.2, 0.25) is 0 Å². The average Bonchev–Trinajstić information content (AvgIpc) is 2.93. The summed E-state index contributed by atoms with van der Waals surface area (Å²) in [6.45, 7) is 2.41. The third-order valence-corrected chi connectivity index (χ3v) is 5.94. The van der Waals surface area contributed by atoms with E-state index in [1.165, 1.54) is 20.9 Å². The van der Waals surface area contributed by atoms with E-state index in [1.54, 1.807) is 36.0 Å². The van der Waals surface area contributed by atoms with E-state index in [-0.39, 0.29) is 11.8 Å². The van der Waals surface area contributed by atoms with E-state index in [4.69, 9.17) is 0 Å². The molecule has 27 heavy (non-hydrogen) atoms. The van der Waals surface area contributed by atoms with E-state index in [0.29, 0.717) is 17.7 Å². The maximum Gasteiger partial charge on any atom is 0.261 e. The molecule has 2 amide bonds. The van der Waals surface area contributed by atoms with Crippen LogP contribution in [0.5, 0.6) is 0 Å². The summed E-state index contributed by atoms with van der Waals surface area (Å²) in [6.07, 6.45) is 0. The fourth-order valence-corrected chi connectivity index (χ4v) is 4.23. The van der Waals surface area contributed by atoms with Crippen LogP contribution in [0.4, 0.5) is 0 Å². The predicted molar refractivity (Wildman–Crippen MR) is 108 cm³/mol. The zero-order chi connectivity index (χ0) is 18.8. The van der Waals surface area contributed by atoms with Crippen LogP contribution in [0.1, 0.15) is 37.4 Å². The molecule has 3 aromatic rings. The molecule has 0 unspecified atom stereocenters. The third-order valence-electron chi connectivity index (χ3n) is 4.70. The highest BCUT2D eigenvalue weighted by Gasteiger charge is 2.34. The molecule has 4 rings (SSSR count). The predicted octanol–water partition coefficient (Wildman–Crippen LogP) is 5.08. The molecule has 0 N–H and O–H groups in total. The Balaban J connectivity index is 1.48. The van der Waals surface area contributed by atoms with Crippen molar-refractivity contribution in [3.8, 4) is 0 Å². The van der Waals surface area contributed by atoms with Gasteiger partial charge in [0.25, 0.3) is 11.8 Å². The number of fused-ring (bicyclic) bond motifs is 1. The Bertz CT molecular complexity index is 993. The molecule has 0 atom stereocenters. The smallest absolute Gasteiger partial charge is 0.261 e. The summed E-state index contributed by atoms with van der Waals surface area (Å²) in [4.78, 5) is 27.7. The van der Waals surface area contributed by atoms with Gasteiger partial charge < -0.3 is 0 Å². The molecule has 4 heteroatoms. The highest BCUT2D eigenvalue weighted by molar-refractivity contribution is 7.98. The van der Waals surface area contributed by atoms with E-state index in [0.717, 1.165) is 11.3 Å². The Morgan fingerprint density at radius 3 is 2.11 bits per heavy atom. The van der Waals surface area contributed by atoms with Gasteiger partial charge in [0, 0.05) is 10.6 Å². The molecular formula is C23H19NO2S. The molecule has 0 spiro atoms. The van der Waals surface area contributed by atoms with Crippen LogP contribution >= 0.6 is 11.8 Å². The van der Waals surface area contributed by atoms with Gasteiger partial charge in [-0.2, -0.15) is 0 Å². The van der Waals surface area contributed by atoms with Crippen LogP contribution in [0.15, 0.2) is 77.7 Å². The van der Waals surface area contributed by atoms with Gasteiger partial charge in [-0.25, -0.2) is 0 Å². The van der Waals surface area contributed by atoms with Crippen LogP contribution in [0, 0.1) is 6.92 Å². The van der Waals surface area contributed by atoms with Gasteiger partial charge in [0.05, 0.1) is 17.7 Å². The van der Waals surface area contributed by atoms with Crippen molar-refractivity contribution in [3.05, 3.63) is 101 Å². The van der Waals surface area contributed by atoms with E-state index in [1.807, 2.05) is 24.3 Å². The number of benzene rings is 3. The van der Waals surface area contributed by atoms with Gasteiger partial charge in [0.1, 0.15) is 0 Å². The Morgan fingerprint density at radius 2 is 1.41 bits per heavy atom.